The van der Waals surface area contributed by atoms with Crippen molar-refractivity contribution < 1.29 is 4.52 Å². The van der Waals surface area contributed by atoms with Gasteiger partial charge >= 0.3 is 0 Å². The highest BCUT2D eigenvalue weighted by Crippen LogP contribution is 2.24. The van der Waals surface area contributed by atoms with E-state index in [1.807, 2.05) is 6.07 Å². The molecular weight excluding hydrogens is 282 g/mol. The lowest BCUT2D eigenvalue weighted by molar-refractivity contribution is 0.359. The summed E-state index contributed by atoms with van der Waals surface area (Å²) in [4.78, 5) is 5.70. The molecule has 114 valence electrons. The molecule has 1 aromatic carbocycles. The topological polar surface area (TPSA) is 51.0 Å². The van der Waals surface area contributed by atoms with Crippen LogP contribution in [0.5, 0.6) is 0 Å². The monoisotopic (exact) mass is 305 g/mol. The summed E-state index contributed by atoms with van der Waals surface area (Å²) in [5.41, 5.74) is 1.39. The van der Waals surface area contributed by atoms with Crippen LogP contribution in [0, 0.1) is 6.92 Å². The first-order chi connectivity index (χ1) is 9.94. The molecule has 0 saturated heterocycles. The van der Waals surface area contributed by atoms with E-state index in [0.717, 1.165) is 24.5 Å². The summed E-state index contributed by atoms with van der Waals surface area (Å²) in [5, 5.41) is 7.45. The molecule has 0 spiro atoms. The molecule has 1 heterocycles. The quantitative estimate of drug-likeness (QED) is 0.826. The summed E-state index contributed by atoms with van der Waals surface area (Å²) < 4.78 is 5.28. The van der Waals surface area contributed by atoms with Crippen LogP contribution in [0.25, 0.3) is 0 Å². The largest absolute Gasteiger partial charge is 0.339 e. The average molecular weight is 305 g/mol. The van der Waals surface area contributed by atoms with Crippen molar-refractivity contribution in [2.45, 2.75) is 50.3 Å². The van der Waals surface area contributed by atoms with Crippen molar-refractivity contribution in [1.82, 2.24) is 15.5 Å². The number of nitrogens with one attached hydrogen (secondary N) is 1. The summed E-state index contributed by atoms with van der Waals surface area (Å²) in [6.45, 7) is 9.39. The van der Waals surface area contributed by atoms with Crippen LogP contribution >= 0.6 is 11.8 Å². The Morgan fingerprint density at radius 2 is 2.00 bits per heavy atom. The van der Waals surface area contributed by atoms with Crippen molar-refractivity contribution in [3.8, 4) is 0 Å². The highest BCUT2D eigenvalue weighted by Gasteiger charge is 2.11. The third-order valence-electron chi connectivity index (χ3n) is 2.95. The summed E-state index contributed by atoms with van der Waals surface area (Å²) in [5.74, 6) is 2.20. The number of benzene rings is 1. The Kier molecular flexibility index (Phi) is 5.42. The Hall–Kier alpha value is -1.33. The van der Waals surface area contributed by atoms with Crippen molar-refractivity contribution in [3.63, 3.8) is 0 Å². The number of aryl methyl sites for hydroxylation is 1. The molecule has 2 rings (SSSR count). The fraction of sp³-hybridized carbons (Fsp3) is 0.500. The van der Waals surface area contributed by atoms with Gasteiger partial charge in [0, 0.05) is 23.4 Å². The molecule has 21 heavy (non-hydrogen) atoms. The van der Waals surface area contributed by atoms with Crippen molar-refractivity contribution in [2.24, 2.45) is 0 Å². The van der Waals surface area contributed by atoms with Crippen LogP contribution in [0.1, 0.15) is 38.0 Å². The third-order valence-corrected chi connectivity index (χ3v) is 4.13. The van der Waals surface area contributed by atoms with Crippen LogP contribution in [0.3, 0.4) is 0 Å². The summed E-state index contributed by atoms with van der Waals surface area (Å²) in [6.07, 6.45) is 0.763. The third kappa shape index (κ3) is 5.52. The molecule has 2 aromatic rings. The number of hydrogen-bond donors (Lipinski definition) is 1. The first-order valence-corrected chi connectivity index (χ1v) is 8.17. The Morgan fingerprint density at radius 3 is 2.71 bits per heavy atom. The van der Waals surface area contributed by atoms with Crippen LogP contribution in [-0.2, 0) is 12.2 Å². The SMILES string of the molecule is Cc1ccccc1SCc1noc(CCNC(C)(C)C)n1. The normalized spacial score (nSPS) is 11.8. The first kappa shape index (κ1) is 16.0. The lowest BCUT2D eigenvalue weighted by Gasteiger charge is -2.19. The van der Waals surface area contributed by atoms with E-state index in [4.69, 9.17) is 4.52 Å². The van der Waals surface area contributed by atoms with Gasteiger partial charge in [-0.3, -0.25) is 0 Å². The molecule has 0 atom stereocenters. The molecule has 0 amide bonds. The van der Waals surface area contributed by atoms with Crippen LogP contribution < -0.4 is 5.32 Å². The molecule has 0 saturated carbocycles. The van der Waals surface area contributed by atoms with E-state index in [9.17, 15) is 0 Å². The minimum absolute atomic E-state index is 0.115. The smallest absolute Gasteiger partial charge is 0.227 e. The van der Waals surface area contributed by atoms with Gasteiger partial charge in [-0.2, -0.15) is 4.98 Å². The standard InChI is InChI=1S/C16H23N3OS/c1-12-7-5-6-8-13(12)21-11-14-18-15(20-19-14)9-10-17-16(2,3)4/h5-8,17H,9-11H2,1-4H3. The molecule has 0 aliphatic rings. The van der Waals surface area contributed by atoms with Crippen molar-refractivity contribution in [2.75, 3.05) is 6.54 Å². The van der Waals surface area contributed by atoms with Gasteiger partial charge < -0.3 is 9.84 Å². The van der Waals surface area contributed by atoms with Gasteiger partial charge in [0.1, 0.15) is 0 Å². The Bertz CT molecular complexity index is 575. The van der Waals surface area contributed by atoms with Gasteiger partial charge in [-0.25, -0.2) is 0 Å². The highest BCUT2D eigenvalue weighted by atomic mass is 32.2. The maximum absolute atomic E-state index is 5.28. The Labute approximate surface area is 130 Å². The van der Waals surface area contributed by atoms with Crippen LogP contribution in [-0.4, -0.2) is 22.2 Å². The highest BCUT2D eigenvalue weighted by molar-refractivity contribution is 7.98. The van der Waals surface area contributed by atoms with E-state index in [1.165, 1.54) is 10.5 Å². The lowest BCUT2D eigenvalue weighted by Crippen LogP contribution is -2.37. The van der Waals surface area contributed by atoms with Gasteiger partial charge in [-0.1, -0.05) is 23.4 Å². The maximum Gasteiger partial charge on any atom is 0.227 e. The van der Waals surface area contributed by atoms with Gasteiger partial charge in [0.05, 0.1) is 5.75 Å². The van der Waals surface area contributed by atoms with E-state index < -0.39 is 0 Å². The lowest BCUT2D eigenvalue weighted by atomic mass is 10.1. The predicted octanol–water partition coefficient (Wildman–Crippen LogP) is 3.60. The van der Waals surface area contributed by atoms with E-state index in [0.29, 0.717) is 5.89 Å². The zero-order valence-electron chi connectivity index (χ0n) is 13.1. The van der Waals surface area contributed by atoms with Gasteiger partial charge in [0.15, 0.2) is 5.82 Å². The van der Waals surface area contributed by atoms with Gasteiger partial charge in [-0.15, -0.1) is 11.8 Å². The first-order valence-electron chi connectivity index (χ1n) is 7.19. The molecule has 1 aromatic heterocycles. The Balaban J connectivity index is 1.82. The second kappa shape index (κ2) is 7.09. The van der Waals surface area contributed by atoms with Crippen molar-refractivity contribution in [1.29, 1.82) is 0 Å². The summed E-state index contributed by atoms with van der Waals surface area (Å²) in [6, 6.07) is 8.33. The number of nitrogens with zero attached hydrogens (tertiary/aromatic N) is 2. The molecule has 0 fully saturated rings. The van der Waals surface area contributed by atoms with Crippen LogP contribution in [0.4, 0.5) is 0 Å². The van der Waals surface area contributed by atoms with Gasteiger partial charge in [0.25, 0.3) is 0 Å². The second-order valence-electron chi connectivity index (χ2n) is 6.09. The summed E-state index contributed by atoms with van der Waals surface area (Å²) in [7, 11) is 0. The zero-order valence-corrected chi connectivity index (χ0v) is 14.0. The van der Waals surface area contributed by atoms with Crippen molar-refractivity contribution in [3.05, 3.63) is 41.5 Å². The van der Waals surface area contributed by atoms with E-state index in [-0.39, 0.29) is 5.54 Å². The zero-order chi connectivity index (χ0) is 15.3. The number of aromatic nitrogens is 2. The maximum atomic E-state index is 5.28. The van der Waals surface area contributed by atoms with Crippen LogP contribution in [0.2, 0.25) is 0 Å². The minimum atomic E-state index is 0.115. The number of thioether (sulfide) groups is 1. The minimum Gasteiger partial charge on any atom is -0.339 e. The molecule has 4 nitrogen and oxygen atoms in total. The van der Waals surface area contributed by atoms with E-state index in [2.05, 4.69) is 61.4 Å². The second-order valence-corrected chi connectivity index (χ2v) is 7.10. The number of hydrogen-bond acceptors (Lipinski definition) is 5. The molecule has 5 heteroatoms. The fourth-order valence-corrected chi connectivity index (χ4v) is 2.73. The van der Waals surface area contributed by atoms with E-state index >= 15 is 0 Å². The predicted molar refractivity (Wildman–Crippen MR) is 86.5 cm³/mol. The molecule has 0 bridgehead atoms. The molecule has 0 radical (unpaired) electrons. The molecule has 0 unspecified atom stereocenters. The van der Waals surface area contributed by atoms with E-state index in [1.54, 1.807) is 11.8 Å². The average Bonchev–Trinajstić information content (AvgIpc) is 2.84. The fourth-order valence-electron chi connectivity index (χ4n) is 1.86. The van der Waals surface area contributed by atoms with Crippen molar-refractivity contribution >= 4 is 11.8 Å². The Morgan fingerprint density at radius 1 is 1.24 bits per heavy atom. The molecular formula is C16H23N3OS. The molecule has 0 aliphatic heterocycles. The van der Waals surface area contributed by atoms with Gasteiger partial charge in [0.2, 0.25) is 5.89 Å². The molecule has 1 N–H and O–H groups in total. The molecule has 0 aliphatic carbocycles. The summed E-state index contributed by atoms with van der Waals surface area (Å²) >= 11 is 1.74. The number of rotatable bonds is 6. The van der Waals surface area contributed by atoms with Gasteiger partial charge in [-0.05, 0) is 39.3 Å². The van der Waals surface area contributed by atoms with Crippen LogP contribution in [0.15, 0.2) is 33.7 Å².